The molecule has 2 unspecified atom stereocenters. The molecular formula is C22H29NO5. The van der Waals surface area contributed by atoms with E-state index in [0.717, 1.165) is 30.4 Å². The van der Waals surface area contributed by atoms with Crippen LogP contribution in [0.2, 0.25) is 0 Å². The van der Waals surface area contributed by atoms with Gasteiger partial charge in [-0.1, -0.05) is 43.3 Å². The van der Waals surface area contributed by atoms with Crippen molar-refractivity contribution in [3.05, 3.63) is 41.1 Å². The summed E-state index contributed by atoms with van der Waals surface area (Å²) in [7, 11) is 1.42. The van der Waals surface area contributed by atoms with E-state index < -0.39 is 5.60 Å². The van der Waals surface area contributed by atoms with Gasteiger partial charge in [-0.05, 0) is 31.7 Å². The van der Waals surface area contributed by atoms with E-state index >= 15 is 0 Å². The van der Waals surface area contributed by atoms with E-state index in [-0.39, 0.29) is 18.0 Å². The molecule has 28 heavy (non-hydrogen) atoms. The quantitative estimate of drug-likeness (QED) is 0.757. The summed E-state index contributed by atoms with van der Waals surface area (Å²) in [6.07, 6.45) is 2.82. The number of aryl methyl sites for hydroxylation is 1. The molecule has 6 nitrogen and oxygen atoms in total. The Morgan fingerprint density at radius 1 is 1.29 bits per heavy atom. The second kappa shape index (κ2) is 8.05. The molecule has 3 rings (SSSR count). The van der Waals surface area contributed by atoms with E-state index in [1.165, 1.54) is 12.7 Å². The summed E-state index contributed by atoms with van der Waals surface area (Å²) in [6.45, 7) is 6.52. The molecular weight excluding hydrogens is 358 g/mol. The minimum atomic E-state index is -0.431. The normalized spacial score (nSPS) is 24.9. The predicted molar refractivity (Wildman–Crippen MR) is 105 cm³/mol. The number of aliphatic hydroxyl groups is 1. The van der Waals surface area contributed by atoms with Crippen molar-refractivity contribution in [2.24, 2.45) is 0 Å². The third kappa shape index (κ3) is 3.84. The van der Waals surface area contributed by atoms with Gasteiger partial charge in [-0.3, -0.25) is 4.79 Å². The van der Waals surface area contributed by atoms with Crippen molar-refractivity contribution >= 4 is 5.97 Å². The van der Waals surface area contributed by atoms with Crippen LogP contribution in [0.1, 0.15) is 56.4 Å². The Balaban J connectivity index is 1.76. The molecule has 1 fully saturated rings. The van der Waals surface area contributed by atoms with Gasteiger partial charge in [0.15, 0.2) is 5.76 Å². The molecule has 1 aromatic heterocycles. The van der Waals surface area contributed by atoms with Crippen LogP contribution in [-0.4, -0.2) is 35.6 Å². The Morgan fingerprint density at radius 3 is 2.54 bits per heavy atom. The zero-order valence-electron chi connectivity index (χ0n) is 17.1. The number of methoxy groups -OCH3 is 1. The molecule has 1 aliphatic rings. The summed E-state index contributed by atoms with van der Waals surface area (Å²) in [4.78, 5) is 11.8. The van der Waals surface area contributed by atoms with Crippen molar-refractivity contribution < 1.29 is 23.9 Å². The molecule has 0 saturated carbocycles. The summed E-state index contributed by atoms with van der Waals surface area (Å²) >= 11 is 0. The maximum atomic E-state index is 11.8. The van der Waals surface area contributed by atoms with Crippen LogP contribution in [0.5, 0.6) is 0 Å². The van der Waals surface area contributed by atoms with Crippen LogP contribution in [0.4, 0.5) is 0 Å². The van der Waals surface area contributed by atoms with Crippen LogP contribution >= 0.6 is 0 Å². The molecule has 152 valence electrons. The predicted octanol–water partition coefficient (Wildman–Crippen LogP) is 3.92. The number of aromatic nitrogens is 1. The maximum absolute atomic E-state index is 11.8. The number of carbonyl (C=O) groups excluding carboxylic acids is 1. The first-order valence-corrected chi connectivity index (χ1v) is 9.74. The van der Waals surface area contributed by atoms with Crippen LogP contribution < -0.4 is 0 Å². The first-order chi connectivity index (χ1) is 13.4. The SMILES string of the molecule is CCC1(CC(=O)OC)CCC(C)(c2ccc(-c3onc(C)c3CO)cc2)CO1. The smallest absolute Gasteiger partial charge is 0.308 e. The Morgan fingerprint density at radius 2 is 2.00 bits per heavy atom. The fourth-order valence-electron chi connectivity index (χ4n) is 3.89. The lowest BCUT2D eigenvalue weighted by molar-refractivity contribution is -0.158. The summed E-state index contributed by atoms with van der Waals surface area (Å²) in [6, 6.07) is 8.15. The zero-order chi connectivity index (χ0) is 20.4. The molecule has 1 aliphatic heterocycles. The molecule has 1 aromatic carbocycles. The molecule has 0 spiro atoms. The summed E-state index contributed by atoms with van der Waals surface area (Å²) in [5.74, 6) is 0.386. The highest BCUT2D eigenvalue weighted by Crippen LogP contribution is 2.42. The fraction of sp³-hybridized carbons (Fsp3) is 0.545. The average molecular weight is 387 g/mol. The minimum Gasteiger partial charge on any atom is -0.469 e. The van der Waals surface area contributed by atoms with E-state index in [2.05, 4.69) is 31.1 Å². The van der Waals surface area contributed by atoms with Crippen molar-refractivity contribution in [1.82, 2.24) is 5.16 Å². The zero-order valence-corrected chi connectivity index (χ0v) is 17.1. The summed E-state index contributed by atoms with van der Waals surface area (Å²) in [5, 5.41) is 13.5. The van der Waals surface area contributed by atoms with Crippen LogP contribution in [0.3, 0.4) is 0 Å². The number of carbonyl (C=O) groups is 1. The van der Waals surface area contributed by atoms with Crippen molar-refractivity contribution in [2.45, 2.75) is 64.1 Å². The van der Waals surface area contributed by atoms with Gasteiger partial charge in [-0.2, -0.15) is 0 Å². The van der Waals surface area contributed by atoms with E-state index in [1.54, 1.807) is 0 Å². The van der Waals surface area contributed by atoms with Crippen LogP contribution in [0.15, 0.2) is 28.8 Å². The van der Waals surface area contributed by atoms with Gasteiger partial charge in [0.1, 0.15) is 0 Å². The van der Waals surface area contributed by atoms with Gasteiger partial charge in [0.25, 0.3) is 0 Å². The number of aliphatic hydroxyl groups excluding tert-OH is 1. The number of benzene rings is 1. The number of hydrogen-bond acceptors (Lipinski definition) is 6. The van der Waals surface area contributed by atoms with E-state index in [1.807, 2.05) is 19.1 Å². The highest BCUT2D eigenvalue weighted by molar-refractivity contribution is 5.70. The lowest BCUT2D eigenvalue weighted by atomic mass is 9.72. The van der Waals surface area contributed by atoms with Gasteiger partial charge in [0.2, 0.25) is 0 Å². The highest BCUT2D eigenvalue weighted by atomic mass is 16.5. The van der Waals surface area contributed by atoms with E-state index in [9.17, 15) is 9.90 Å². The van der Waals surface area contributed by atoms with Gasteiger partial charge in [-0.15, -0.1) is 0 Å². The van der Waals surface area contributed by atoms with Crippen LogP contribution in [-0.2, 0) is 26.3 Å². The monoisotopic (exact) mass is 387 g/mol. The molecule has 0 bridgehead atoms. The topological polar surface area (TPSA) is 81.8 Å². The Bertz CT molecular complexity index is 816. The van der Waals surface area contributed by atoms with Crippen LogP contribution in [0, 0.1) is 6.92 Å². The average Bonchev–Trinajstić information content (AvgIpc) is 3.10. The highest BCUT2D eigenvalue weighted by Gasteiger charge is 2.42. The Hall–Kier alpha value is -2.18. The minimum absolute atomic E-state index is 0.0999. The van der Waals surface area contributed by atoms with Gasteiger partial charge in [0, 0.05) is 16.5 Å². The maximum Gasteiger partial charge on any atom is 0.308 e. The number of nitrogens with zero attached hydrogens (tertiary/aromatic N) is 1. The standard InChI is InChI=1S/C22H29NO5/c1-5-22(12-19(25)26-4)11-10-21(3,14-27-22)17-8-6-16(7-9-17)20-18(13-24)15(2)23-28-20/h6-9,24H,5,10-14H2,1-4H3. The number of rotatable bonds is 6. The number of esters is 1. The molecule has 2 atom stereocenters. The van der Waals surface area contributed by atoms with Crippen molar-refractivity contribution in [2.75, 3.05) is 13.7 Å². The fourth-order valence-corrected chi connectivity index (χ4v) is 3.89. The lowest BCUT2D eigenvalue weighted by Gasteiger charge is -2.44. The first kappa shape index (κ1) is 20.6. The Kier molecular flexibility index (Phi) is 5.91. The second-order valence-electron chi connectivity index (χ2n) is 7.95. The molecule has 2 aromatic rings. The Labute approximate surface area is 165 Å². The molecule has 0 radical (unpaired) electrons. The van der Waals surface area contributed by atoms with Gasteiger partial charge in [0.05, 0.1) is 38.0 Å². The third-order valence-corrected chi connectivity index (χ3v) is 6.15. The van der Waals surface area contributed by atoms with Crippen LogP contribution in [0.25, 0.3) is 11.3 Å². The third-order valence-electron chi connectivity index (χ3n) is 6.15. The largest absolute Gasteiger partial charge is 0.469 e. The van der Waals surface area contributed by atoms with Gasteiger partial charge in [-0.25, -0.2) is 0 Å². The van der Waals surface area contributed by atoms with Crippen molar-refractivity contribution in [3.8, 4) is 11.3 Å². The molecule has 6 heteroatoms. The second-order valence-corrected chi connectivity index (χ2v) is 7.95. The molecule has 0 aliphatic carbocycles. The van der Waals surface area contributed by atoms with E-state index in [4.69, 9.17) is 14.0 Å². The molecule has 2 heterocycles. The molecule has 1 saturated heterocycles. The molecule has 0 amide bonds. The van der Waals surface area contributed by atoms with Crippen molar-refractivity contribution in [1.29, 1.82) is 0 Å². The molecule has 1 N–H and O–H groups in total. The number of hydrogen-bond donors (Lipinski definition) is 1. The van der Waals surface area contributed by atoms with Gasteiger partial charge < -0.3 is 19.1 Å². The first-order valence-electron chi connectivity index (χ1n) is 9.74. The summed E-state index contributed by atoms with van der Waals surface area (Å²) < 4.78 is 16.5. The number of ether oxygens (including phenoxy) is 2. The summed E-state index contributed by atoms with van der Waals surface area (Å²) in [5.41, 5.74) is 2.94. The van der Waals surface area contributed by atoms with Crippen molar-refractivity contribution in [3.63, 3.8) is 0 Å². The van der Waals surface area contributed by atoms with E-state index in [0.29, 0.717) is 24.5 Å². The van der Waals surface area contributed by atoms with Gasteiger partial charge >= 0.3 is 5.97 Å². The lowest BCUT2D eigenvalue weighted by Crippen LogP contribution is -2.46.